The molecule has 0 saturated carbocycles. The van der Waals surface area contributed by atoms with Gasteiger partial charge in [0.1, 0.15) is 0 Å². The van der Waals surface area contributed by atoms with Crippen LogP contribution in [-0.4, -0.2) is 32.1 Å². The number of hydrogen-bond acceptors (Lipinski definition) is 3. The molecule has 25 heavy (non-hydrogen) atoms. The molecular weight excluding hydrogens is 312 g/mol. The van der Waals surface area contributed by atoms with E-state index in [-0.39, 0.29) is 11.9 Å². The van der Waals surface area contributed by atoms with E-state index >= 15 is 0 Å². The molecule has 0 N–H and O–H groups in total. The number of amides is 1. The molecule has 5 nitrogen and oxygen atoms in total. The van der Waals surface area contributed by atoms with E-state index in [1.54, 1.807) is 12.4 Å². The van der Waals surface area contributed by atoms with Gasteiger partial charge in [-0.1, -0.05) is 18.2 Å². The third kappa shape index (κ3) is 2.93. The Kier molecular flexibility index (Phi) is 4.06. The van der Waals surface area contributed by atoms with Gasteiger partial charge >= 0.3 is 0 Å². The van der Waals surface area contributed by atoms with Gasteiger partial charge in [-0.15, -0.1) is 0 Å². The molecule has 5 heteroatoms. The summed E-state index contributed by atoms with van der Waals surface area (Å²) in [4.78, 5) is 19.1. The zero-order valence-electron chi connectivity index (χ0n) is 14.2. The maximum Gasteiger partial charge on any atom is 0.274 e. The highest BCUT2D eigenvalue weighted by Gasteiger charge is 2.32. The fourth-order valence-corrected chi connectivity index (χ4v) is 3.50. The van der Waals surface area contributed by atoms with Crippen molar-refractivity contribution < 1.29 is 4.79 Å². The number of nitrogens with zero attached hydrogens (tertiary/aromatic N) is 4. The first-order chi connectivity index (χ1) is 12.2. The fraction of sp³-hybridized carbons (Fsp3) is 0.250. The Balaban J connectivity index is 1.63. The first-order valence-electron chi connectivity index (χ1n) is 8.57. The Bertz CT molecular complexity index is 873. The number of aromatic nitrogens is 3. The predicted molar refractivity (Wildman–Crippen MR) is 95.5 cm³/mol. The van der Waals surface area contributed by atoms with Crippen molar-refractivity contribution in [1.29, 1.82) is 0 Å². The first-order valence-corrected chi connectivity index (χ1v) is 8.57. The number of carbonyl (C=O) groups is 1. The van der Waals surface area contributed by atoms with Crippen LogP contribution in [0, 0.1) is 6.92 Å². The number of aryl methyl sites for hydroxylation is 1. The van der Waals surface area contributed by atoms with Crippen molar-refractivity contribution in [2.24, 2.45) is 0 Å². The molecule has 2 aromatic heterocycles. The zero-order chi connectivity index (χ0) is 17.2. The summed E-state index contributed by atoms with van der Waals surface area (Å²) >= 11 is 0. The molecule has 3 aromatic rings. The number of benzene rings is 1. The highest BCUT2D eigenvalue weighted by Crippen LogP contribution is 2.32. The molecular formula is C20H20N4O. The third-order valence-electron chi connectivity index (χ3n) is 4.71. The number of pyridine rings is 1. The van der Waals surface area contributed by atoms with Gasteiger partial charge in [-0.25, -0.2) is 4.68 Å². The number of para-hydroxylation sites is 1. The number of carbonyl (C=O) groups excluding carboxylic acids is 1. The van der Waals surface area contributed by atoms with Crippen LogP contribution in [0.4, 0.5) is 0 Å². The van der Waals surface area contributed by atoms with Crippen molar-refractivity contribution >= 4 is 5.91 Å². The van der Waals surface area contributed by atoms with Gasteiger partial charge in [0.25, 0.3) is 5.91 Å². The number of rotatable bonds is 3. The van der Waals surface area contributed by atoms with Crippen molar-refractivity contribution in [1.82, 2.24) is 19.7 Å². The molecule has 0 aliphatic carbocycles. The Morgan fingerprint density at radius 2 is 1.88 bits per heavy atom. The molecule has 1 aromatic carbocycles. The summed E-state index contributed by atoms with van der Waals surface area (Å²) in [6.45, 7) is 2.74. The van der Waals surface area contributed by atoms with Crippen LogP contribution in [0.1, 0.15) is 40.6 Å². The average Bonchev–Trinajstić information content (AvgIpc) is 3.29. The molecule has 1 amide bonds. The van der Waals surface area contributed by atoms with Crippen LogP contribution in [0.25, 0.3) is 5.69 Å². The van der Waals surface area contributed by atoms with Crippen LogP contribution < -0.4 is 0 Å². The molecule has 1 aliphatic heterocycles. The van der Waals surface area contributed by atoms with E-state index < -0.39 is 0 Å². The standard InChI is InChI=1S/C20H20N4O/c1-15-14-18(22-24(15)17-6-3-2-4-7-17)20(25)23-13-5-8-19(23)16-9-11-21-12-10-16/h2-4,6-7,9-12,14,19H,5,8,13H2,1H3. The third-order valence-corrected chi connectivity index (χ3v) is 4.71. The summed E-state index contributed by atoms with van der Waals surface area (Å²) in [6.07, 6.45) is 5.56. The quantitative estimate of drug-likeness (QED) is 0.737. The largest absolute Gasteiger partial charge is 0.330 e. The lowest BCUT2D eigenvalue weighted by Gasteiger charge is -2.24. The highest BCUT2D eigenvalue weighted by molar-refractivity contribution is 5.93. The van der Waals surface area contributed by atoms with Gasteiger partial charge in [0, 0.05) is 24.6 Å². The highest BCUT2D eigenvalue weighted by atomic mass is 16.2. The van der Waals surface area contributed by atoms with Crippen molar-refractivity contribution in [2.45, 2.75) is 25.8 Å². The maximum atomic E-state index is 13.1. The summed E-state index contributed by atoms with van der Waals surface area (Å²) in [6, 6.07) is 15.9. The van der Waals surface area contributed by atoms with Gasteiger partial charge in [0.2, 0.25) is 0 Å². The van der Waals surface area contributed by atoms with Crippen LogP contribution >= 0.6 is 0 Å². The second-order valence-corrected chi connectivity index (χ2v) is 6.36. The smallest absolute Gasteiger partial charge is 0.274 e. The van der Waals surface area contributed by atoms with Gasteiger partial charge in [-0.05, 0) is 55.7 Å². The van der Waals surface area contributed by atoms with Crippen LogP contribution in [0.15, 0.2) is 60.9 Å². The van der Waals surface area contributed by atoms with E-state index in [0.29, 0.717) is 5.69 Å². The van der Waals surface area contributed by atoms with E-state index in [4.69, 9.17) is 0 Å². The minimum atomic E-state index is -0.00269. The van der Waals surface area contributed by atoms with Crippen molar-refractivity contribution in [3.05, 3.63) is 77.9 Å². The average molecular weight is 332 g/mol. The Morgan fingerprint density at radius 3 is 2.64 bits per heavy atom. The molecule has 0 bridgehead atoms. The zero-order valence-corrected chi connectivity index (χ0v) is 14.2. The lowest BCUT2D eigenvalue weighted by Crippen LogP contribution is -2.31. The van der Waals surface area contributed by atoms with Gasteiger partial charge in [-0.2, -0.15) is 5.10 Å². The van der Waals surface area contributed by atoms with E-state index in [9.17, 15) is 4.79 Å². The summed E-state index contributed by atoms with van der Waals surface area (Å²) in [7, 11) is 0. The molecule has 4 rings (SSSR count). The second-order valence-electron chi connectivity index (χ2n) is 6.36. The van der Waals surface area contributed by atoms with Gasteiger partial charge < -0.3 is 4.90 Å². The number of hydrogen-bond donors (Lipinski definition) is 0. The predicted octanol–water partition coefficient (Wildman–Crippen LogP) is 3.55. The summed E-state index contributed by atoms with van der Waals surface area (Å²) in [5, 5.41) is 4.57. The van der Waals surface area contributed by atoms with Crippen molar-refractivity contribution in [2.75, 3.05) is 6.54 Å². The van der Waals surface area contributed by atoms with Gasteiger partial charge in [-0.3, -0.25) is 9.78 Å². The fourth-order valence-electron chi connectivity index (χ4n) is 3.50. The molecule has 0 radical (unpaired) electrons. The van der Waals surface area contributed by atoms with Crippen molar-refractivity contribution in [3.8, 4) is 5.69 Å². The summed E-state index contributed by atoms with van der Waals surface area (Å²) < 4.78 is 1.82. The summed E-state index contributed by atoms with van der Waals surface area (Å²) in [5.41, 5.74) is 3.56. The molecule has 1 fully saturated rings. The lowest BCUT2D eigenvalue weighted by molar-refractivity contribution is 0.0729. The minimum absolute atomic E-state index is 0.00269. The molecule has 0 spiro atoms. The van der Waals surface area contributed by atoms with E-state index in [2.05, 4.69) is 10.1 Å². The minimum Gasteiger partial charge on any atom is -0.330 e. The van der Waals surface area contributed by atoms with Crippen LogP contribution in [0.3, 0.4) is 0 Å². The molecule has 1 unspecified atom stereocenters. The number of likely N-dealkylation sites (tertiary alicyclic amines) is 1. The molecule has 1 aliphatic rings. The van der Waals surface area contributed by atoms with E-state index in [0.717, 1.165) is 36.3 Å². The second kappa shape index (κ2) is 6.51. The molecule has 3 heterocycles. The molecule has 126 valence electrons. The van der Waals surface area contributed by atoms with E-state index in [1.165, 1.54) is 0 Å². The van der Waals surface area contributed by atoms with Crippen LogP contribution in [-0.2, 0) is 0 Å². The van der Waals surface area contributed by atoms with Gasteiger partial charge in [0.15, 0.2) is 5.69 Å². The van der Waals surface area contributed by atoms with Crippen LogP contribution in [0.5, 0.6) is 0 Å². The summed E-state index contributed by atoms with van der Waals surface area (Å²) in [5.74, 6) is -0.00269. The Morgan fingerprint density at radius 1 is 1.12 bits per heavy atom. The topological polar surface area (TPSA) is 51.0 Å². The molecule has 1 saturated heterocycles. The molecule has 1 atom stereocenters. The van der Waals surface area contributed by atoms with Crippen molar-refractivity contribution in [3.63, 3.8) is 0 Å². The Labute approximate surface area is 146 Å². The first kappa shape index (κ1) is 15.6. The van der Waals surface area contributed by atoms with E-state index in [1.807, 2.05) is 65.0 Å². The normalized spacial score (nSPS) is 17.0. The SMILES string of the molecule is Cc1cc(C(=O)N2CCCC2c2ccncc2)nn1-c1ccccc1. The lowest BCUT2D eigenvalue weighted by atomic mass is 10.1. The Hall–Kier alpha value is -2.95. The monoisotopic (exact) mass is 332 g/mol. The maximum absolute atomic E-state index is 13.1. The van der Waals surface area contributed by atoms with Crippen LogP contribution in [0.2, 0.25) is 0 Å². The van der Waals surface area contributed by atoms with Gasteiger partial charge in [0.05, 0.1) is 11.7 Å².